The number of hydrogen-bond acceptors (Lipinski definition) is 9. The lowest BCUT2D eigenvalue weighted by Crippen LogP contribution is -2.17. The van der Waals surface area contributed by atoms with E-state index in [1.54, 1.807) is 24.5 Å². The number of phenols is 1. The molecule has 0 aliphatic carbocycles. The van der Waals surface area contributed by atoms with E-state index in [-0.39, 0.29) is 21.8 Å². The third-order valence-electron chi connectivity index (χ3n) is 6.00. The molecule has 5 rings (SSSR count). The molecule has 0 aliphatic rings. The van der Waals surface area contributed by atoms with Crippen LogP contribution in [0.4, 0.5) is 0 Å². The summed E-state index contributed by atoms with van der Waals surface area (Å²) in [6.07, 6.45) is 4.81. The minimum atomic E-state index is -0.179. The first kappa shape index (κ1) is 28.2. The number of rotatable bonds is 10. The van der Waals surface area contributed by atoms with Gasteiger partial charge in [-0.25, -0.2) is 9.97 Å². The van der Waals surface area contributed by atoms with Crippen LogP contribution in [0.15, 0.2) is 79.3 Å². The number of aryl methyl sites for hydroxylation is 1. The van der Waals surface area contributed by atoms with Gasteiger partial charge in [-0.1, -0.05) is 64.7 Å². The summed E-state index contributed by atoms with van der Waals surface area (Å²) in [5.74, 6) is 1.02. The van der Waals surface area contributed by atoms with Crippen molar-refractivity contribution >= 4 is 23.2 Å². The Morgan fingerprint density at radius 2 is 1.59 bits per heavy atom. The Kier molecular flexibility index (Phi) is 8.88. The third kappa shape index (κ3) is 7.67. The van der Waals surface area contributed by atoms with Crippen LogP contribution in [0, 0.1) is 6.92 Å². The fourth-order valence-corrected chi connectivity index (χ4v) is 4.55. The molecule has 0 bridgehead atoms. The Labute approximate surface area is 247 Å². The number of aromatic hydroxyl groups is 1. The summed E-state index contributed by atoms with van der Waals surface area (Å²) in [5.41, 5.74) is 5.13. The predicted molar refractivity (Wildman–Crippen MR) is 156 cm³/mol. The van der Waals surface area contributed by atoms with E-state index in [0.29, 0.717) is 23.7 Å². The molecule has 0 unspecified atom stereocenters. The lowest BCUT2D eigenvalue weighted by atomic mass is 10.1. The van der Waals surface area contributed by atoms with Gasteiger partial charge >= 0.3 is 6.01 Å². The minimum Gasteiger partial charge on any atom is -0.505 e. The first-order valence-corrected chi connectivity index (χ1v) is 13.4. The minimum absolute atomic E-state index is 0.123. The molecule has 0 fully saturated rings. The average Bonchev–Trinajstić information content (AvgIpc) is 2.96. The molecular weight excluding hydrogens is 563 g/mol. The highest BCUT2D eigenvalue weighted by molar-refractivity contribution is 6.37. The van der Waals surface area contributed by atoms with E-state index in [2.05, 4.69) is 55.3 Å². The van der Waals surface area contributed by atoms with Crippen molar-refractivity contribution in [3.63, 3.8) is 0 Å². The Morgan fingerprint density at radius 3 is 2.29 bits per heavy atom. The summed E-state index contributed by atoms with van der Waals surface area (Å²) < 4.78 is 11.6. The highest BCUT2D eigenvalue weighted by atomic mass is 35.5. The smallest absolute Gasteiger partial charge is 0.336 e. The Hall–Kier alpha value is -4.31. The molecule has 2 aromatic heterocycles. The maximum absolute atomic E-state index is 9.73. The molecule has 0 radical (unpaired) electrons. The van der Waals surface area contributed by atoms with Crippen molar-refractivity contribution < 1.29 is 14.6 Å². The highest BCUT2D eigenvalue weighted by Crippen LogP contribution is 2.35. The van der Waals surface area contributed by atoms with Gasteiger partial charge in [0.1, 0.15) is 18.1 Å². The summed E-state index contributed by atoms with van der Waals surface area (Å²) in [6, 6.07) is 19.4. The van der Waals surface area contributed by atoms with Crippen LogP contribution in [0.2, 0.25) is 10.0 Å². The second-order valence-electron chi connectivity index (χ2n) is 9.44. The first-order valence-electron chi connectivity index (χ1n) is 12.6. The van der Waals surface area contributed by atoms with Crippen molar-refractivity contribution in [3.8, 4) is 34.6 Å². The van der Waals surface area contributed by atoms with Crippen LogP contribution in [0.1, 0.15) is 22.4 Å². The fraction of sp³-hybridized carbons (Fsp3) is 0.167. The summed E-state index contributed by atoms with van der Waals surface area (Å²) in [7, 11) is 2.07. The van der Waals surface area contributed by atoms with Gasteiger partial charge in [-0.3, -0.25) is 9.88 Å². The van der Waals surface area contributed by atoms with Crippen LogP contribution in [0.3, 0.4) is 0 Å². The lowest BCUT2D eigenvalue weighted by molar-refractivity contribution is 0.276. The van der Waals surface area contributed by atoms with Crippen molar-refractivity contribution in [2.24, 2.45) is 0 Å². The molecular formula is C30H26Cl2N6O3. The van der Waals surface area contributed by atoms with Crippen molar-refractivity contribution in [1.82, 2.24) is 30.0 Å². The van der Waals surface area contributed by atoms with Crippen molar-refractivity contribution in [3.05, 3.63) is 112 Å². The van der Waals surface area contributed by atoms with E-state index in [1.807, 2.05) is 37.3 Å². The van der Waals surface area contributed by atoms with Gasteiger partial charge in [-0.15, -0.1) is 5.10 Å². The van der Waals surface area contributed by atoms with Gasteiger partial charge in [0.05, 0.1) is 28.1 Å². The average molecular weight is 589 g/mol. The van der Waals surface area contributed by atoms with Crippen LogP contribution >= 0.6 is 23.2 Å². The summed E-state index contributed by atoms with van der Waals surface area (Å²) in [6.45, 7) is 3.70. The molecule has 0 aliphatic heterocycles. The predicted octanol–water partition coefficient (Wildman–Crippen LogP) is 6.65. The monoisotopic (exact) mass is 588 g/mol. The maximum Gasteiger partial charge on any atom is 0.336 e. The van der Waals surface area contributed by atoms with Gasteiger partial charge in [0, 0.05) is 24.8 Å². The Morgan fingerprint density at radius 1 is 0.854 bits per heavy atom. The second-order valence-corrected chi connectivity index (χ2v) is 10.3. The summed E-state index contributed by atoms with van der Waals surface area (Å²) in [4.78, 5) is 14.9. The number of hydrogen-bond donors (Lipinski definition) is 1. The first-order chi connectivity index (χ1) is 19.8. The van der Waals surface area contributed by atoms with Gasteiger partial charge in [0.2, 0.25) is 5.88 Å². The van der Waals surface area contributed by atoms with Crippen LogP contribution in [0.5, 0.6) is 23.4 Å². The van der Waals surface area contributed by atoms with Gasteiger partial charge in [-0.2, -0.15) is 0 Å². The van der Waals surface area contributed by atoms with Gasteiger partial charge < -0.3 is 14.6 Å². The Bertz CT molecular complexity index is 1610. The highest BCUT2D eigenvalue weighted by Gasteiger charge is 2.11. The quantitative estimate of drug-likeness (QED) is 0.192. The molecule has 41 heavy (non-hydrogen) atoms. The molecule has 2 heterocycles. The largest absolute Gasteiger partial charge is 0.505 e. The van der Waals surface area contributed by atoms with E-state index in [9.17, 15) is 5.11 Å². The molecule has 5 aromatic rings. The third-order valence-corrected chi connectivity index (χ3v) is 6.58. The topological polar surface area (TPSA) is 106 Å². The molecule has 1 N–H and O–H groups in total. The van der Waals surface area contributed by atoms with E-state index in [0.717, 1.165) is 35.7 Å². The normalized spacial score (nSPS) is 11.0. The zero-order valence-electron chi connectivity index (χ0n) is 22.3. The molecule has 0 atom stereocenters. The van der Waals surface area contributed by atoms with Crippen LogP contribution in [-0.2, 0) is 19.7 Å². The van der Waals surface area contributed by atoms with E-state index >= 15 is 0 Å². The van der Waals surface area contributed by atoms with Gasteiger partial charge in [0.15, 0.2) is 5.75 Å². The van der Waals surface area contributed by atoms with E-state index < -0.39 is 0 Å². The Balaban J connectivity index is 1.12. The van der Waals surface area contributed by atoms with E-state index in [4.69, 9.17) is 32.7 Å². The molecule has 0 saturated carbocycles. The zero-order valence-corrected chi connectivity index (χ0v) is 23.8. The standard InChI is InChI=1S/C30H26Cl2N6O3/c1-19-13-33-15-28(35-19)41-24-5-3-4-22(10-24)17-38(2)16-20-6-8-21(9-7-20)18-40-30-34-14-27(36-37-30)23-11-25(31)29(39)26(32)12-23/h3-15,39H,16-18H2,1-2H3. The molecule has 11 heteroatoms. The molecule has 208 valence electrons. The van der Waals surface area contributed by atoms with E-state index in [1.165, 1.54) is 11.8 Å². The van der Waals surface area contributed by atoms with Crippen molar-refractivity contribution in [1.29, 1.82) is 0 Å². The molecule has 3 aromatic carbocycles. The second kappa shape index (κ2) is 12.9. The maximum atomic E-state index is 9.73. The number of phenolic OH excluding ortho intramolecular Hbond substituents is 1. The molecule has 9 nitrogen and oxygen atoms in total. The number of nitrogens with zero attached hydrogens (tertiary/aromatic N) is 6. The molecule has 0 amide bonds. The number of benzene rings is 3. The lowest BCUT2D eigenvalue weighted by Gasteiger charge is -2.17. The summed E-state index contributed by atoms with van der Waals surface area (Å²) >= 11 is 12.0. The fourth-order valence-electron chi connectivity index (χ4n) is 4.06. The van der Waals surface area contributed by atoms with Crippen LogP contribution < -0.4 is 9.47 Å². The van der Waals surface area contributed by atoms with Gasteiger partial charge in [-0.05, 0) is 54.9 Å². The molecule has 0 spiro atoms. The number of halogens is 2. The van der Waals surface area contributed by atoms with Crippen LogP contribution in [-0.4, -0.2) is 42.2 Å². The summed E-state index contributed by atoms with van der Waals surface area (Å²) in [5, 5.41) is 18.1. The number of ether oxygens (including phenoxy) is 2. The SMILES string of the molecule is Cc1cncc(Oc2cccc(CN(C)Cc3ccc(COc4ncc(-c5cc(Cl)c(O)c(Cl)c5)nn4)cc3)c2)n1. The zero-order chi connectivity index (χ0) is 28.8. The van der Waals surface area contributed by atoms with Crippen molar-refractivity contribution in [2.75, 3.05) is 7.05 Å². The van der Waals surface area contributed by atoms with Crippen LogP contribution in [0.25, 0.3) is 11.3 Å². The van der Waals surface area contributed by atoms with Gasteiger partial charge in [0.25, 0.3) is 0 Å². The number of aromatic nitrogens is 5. The molecule has 0 saturated heterocycles. The van der Waals surface area contributed by atoms with Crippen molar-refractivity contribution in [2.45, 2.75) is 26.6 Å².